The Morgan fingerprint density at radius 2 is 2.54 bits per heavy atom. The fourth-order valence-electron chi connectivity index (χ4n) is 1.49. The van der Waals surface area contributed by atoms with Gasteiger partial charge in [0.2, 0.25) is 5.89 Å². The van der Waals surface area contributed by atoms with Gasteiger partial charge >= 0.3 is 0 Å². The lowest BCUT2D eigenvalue weighted by molar-refractivity contribution is -0.116. The second kappa shape index (κ2) is 3.30. The van der Waals surface area contributed by atoms with E-state index in [1.165, 1.54) is 0 Å². The molecule has 2 heterocycles. The predicted molar refractivity (Wildman–Crippen MR) is 46.1 cm³/mol. The van der Waals surface area contributed by atoms with Crippen LogP contribution < -0.4 is 0 Å². The third kappa shape index (κ3) is 1.95. The number of oxazole rings is 1. The van der Waals surface area contributed by atoms with Crippen LogP contribution in [0, 0.1) is 6.92 Å². The highest BCUT2D eigenvalue weighted by molar-refractivity contribution is 5.82. The molecule has 0 unspecified atom stereocenters. The van der Waals surface area contributed by atoms with Crippen molar-refractivity contribution in [2.45, 2.75) is 19.9 Å². The molecule has 1 aromatic rings. The maximum atomic E-state index is 11.0. The molecule has 0 radical (unpaired) electrons. The van der Waals surface area contributed by atoms with E-state index in [1.807, 2.05) is 11.8 Å². The summed E-state index contributed by atoms with van der Waals surface area (Å²) in [4.78, 5) is 17.1. The molecule has 0 aromatic carbocycles. The first kappa shape index (κ1) is 8.44. The molecule has 4 heteroatoms. The molecular formula is C9H12N2O2. The Bertz CT molecular complexity index is 319. The minimum Gasteiger partial charge on any atom is -0.445 e. The summed E-state index contributed by atoms with van der Waals surface area (Å²) in [7, 11) is 0. The van der Waals surface area contributed by atoms with Crippen molar-refractivity contribution in [2.24, 2.45) is 0 Å². The number of hydrogen-bond donors (Lipinski definition) is 0. The van der Waals surface area contributed by atoms with Crippen LogP contribution in [0.2, 0.25) is 0 Å². The lowest BCUT2D eigenvalue weighted by Gasteiger charge is -2.09. The van der Waals surface area contributed by atoms with Gasteiger partial charge in [0.25, 0.3) is 0 Å². The maximum Gasteiger partial charge on any atom is 0.208 e. The molecule has 1 fully saturated rings. The van der Waals surface area contributed by atoms with Gasteiger partial charge in [-0.2, -0.15) is 0 Å². The first-order valence-corrected chi connectivity index (χ1v) is 4.39. The van der Waals surface area contributed by atoms with Crippen molar-refractivity contribution in [1.29, 1.82) is 0 Å². The number of ketones is 1. The number of carbonyl (C=O) groups is 1. The summed E-state index contributed by atoms with van der Waals surface area (Å²) in [6.07, 6.45) is 2.37. The molecule has 0 atom stereocenters. The van der Waals surface area contributed by atoms with E-state index in [0.29, 0.717) is 31.2 Å². The van der Waals surface area contributed by atoms with Crippen LogP contribution in [-0.2, 0) is 11.3 Å². The zero-order valence-corrected chi connectivity index (χ0v) is 7.62. The quantitative estimate of drug-likeness (QED) is 0.674. The number of carbonyl (C=O) groups excluding carboxylic acids is 1. The van der Waals surface area contributed by atoms with Gasteiger partial charge in [-0.3, -0.25) is 9.69 Å². The van der Waals surface area contributed by atoms with Gasteiger partial charge in [0.15, 0.2) is 0 Å². The summed E-state index contributed by atoms with van der Waals surface area (Å²) in [6, 6.07) is 0. The number of aryl methyl sites for hydroxylation is 1. The maximum absolute atomic E-state index is 11.0. The van der Waals surface area contributed by atoms with Crippen LogP contribution in [0.25, 0.3) is 0 Å². The third-order valence-electron chi connectivity index (χ3n) is 2.13. The largest absolute Gasteiger partial charge is 0.445 e. The van der Waals surface area contributed by atoms with Gasteiger partial charge in [0.1, 0.15) is 11.5 Å². The lowest BCUT2D eigenvalue weighted by Crippen LogP contribution is -2.20. The van der Waals surface area contributed by atoms with Crippen LogP contribution in [0.1, 0.15) is 18.1 Å². The molecule has 0 N–H and O–H groups in total. The molecule has 0 bridgehead atoms. The average molecular weight is 180 g/mol. The molecule has 2 rings (SSSR count). The fourth-order valence-corrected chi connectivity index (χ4v) is 1.49. The number of aromatic nitrogens is 1. The summed E-state index contributed by atoms with van der Waals surface area (Å²) >= 11 is 0. The summed E-state index contributed by atoms with van der Waals surface area (Å²) in [5, 5.41) is 0. The molecule has 13 heavy (non-hydrogen) atoms. The molecule has 1 aromatic heterocycles. The smallest absolute Gasteiger partial charge is 0.208 e. The van der Waals surface area contributed by atoms with Gasteiger partial charge in [0, 0.05) is 13.0 Å². The Morgan fingerprint density at radius 3 is 3.08 bits per heavy atom. The van der Waals surface area contributed by atoms with Crippen LogP contribution in [0.15, 0.2) is 10.6 Å². The average Bonchev–Trinajstić information content (AvgIpc) is 2.62. The van der Waals surface area contributed by atoms with Crippen molar-refractivity contribution in [3.05, 3.63) is 17.8 Å². The molecule has 1 aliphatic heterocycles. The van der Waals surface area contributed by atoms with Crippen LogP contribution in [0.5, 0.6) is 0 Å². The first-order valence-electron chi connectivity index (χ1n) is 4.39. The molecule has 0 spiro atoms. The van der Waals surface area contributed by atoms with E-state index >= 15 is 0 Å². The first-order chi connectivity index (χ1) is 6.24. The predicted octanol–water partition coefficient (Wildman–Crippen LogP) is 0.758. The Morgan fingerprint density at radius 1 is 1.69 bits per heavy atom. The van der Waals surface area contributed by atoms with E-state index in [4.69, 9.17) is 4.42 Å². The van der Waals surface area contributed by atoms with Crippen molar-refractivity contribution >= 4 is 5.78 Å². The molecule has 70 valence electrons. The Hall–Kier alpha value is -1.16. The Labute approximate surface area is 76.6 Å². The molecular weight excluding hydrogens is 168 g/mol. The highest BCUT2D eigenvalue weighted by Crippen LogP contribution is 2.10. The van der Waals surface area contributed by atoms with E-state index in [0.717, 1.165) is 12.3 Å². The molecule has 0 aliphatic carbocycles. The monoisotopic (exact) mass is 180 g/mol. The second-order valence-electron chi connectivity index (χ2n) is 3.36. The molecule has 4 nitrogen and oxygen atoms in total. The van der Waals surface area contributed by atoms with E-state index < -0.39 is 0 Å². The zero-order valence-electron chi connectivity index (χ0n) is 7.62. The topological polar surface area (TPSA) is 46.3 Å². The van der Waals surface area contributed by atoms with E-state index in [9.17, 15) is 4.79 Å². The Kier molecular flexibility index (Phi) is 2.14. The molecule has 1 aliphatic rings. The van der Waals surface area contributed by atoms with Gasteiger partial charge < -0.3 is 4.42 Å². The highest BCUT2D eigenvalue weighted by atomic mass is 16.4. The number of Topliss-reactive ketones (excluding diaryl/α,β-unsaturated/α-hetero) is 1. The van der Waals surface area contributed by atoms with E-state index in [2.05, 4.69) is 4.98 Å². The minimum absolute atomic E-state index is 0.309. The van der Waals surface area contributed by atoms with Gasteiger partial charge in [-0.15, -0.1) is 0 Å². The van der Waals surface area contributed by atoms with Gasteiger partial charge in [-0.25, -0.2) is 4.98 Å². The number of likely N-dealkylation sites (tertiary alicyclic amines) is 1. The number of rotatable bonds is 2. The van der Waals surface area contributed by atoms with Crippen LogP contribution in [0.4, 0.5) is 0 Å². The number of nitrogens with zero attached hydrogens (tertiary/aromatic N) is 2. The standard InChI is InChI=1S/C9H12N2O2/c1-7-4-10-9(13-7)6-11-3-2-8(12)5-11/h4H,2-3,5-6H2,1H3. The van der Waals surface area contributed by atoms with Crippen LogP contribution in [-0.4, -0.2) is 28.8 Å². The van der Waals surface area contributed by atoms with Gasteiger partial charge in [-0.1, -0.05) is 0 Å². The summed E-state index contributed by atoms with van der Waals surface area (Å²) in [5.41, 5.74) is 0. The fraction of sp³-hybridized carbons (Fsp3) is 0.556. The van der Waals surface area contributed by atoms with Gasteiger partial charge in [-0.05, 0) is 6.92 Å². The molecule has 0 saturated carbocycles. The van der Waals surface area contributed by atoms with Crippen LogP contribution >= 0.6 is 0 Å². The SMILES string of the molecule is Cc1cnc(CN2CCC(=O)C2)o1. The highest BCUT2D eigenvalue weighted by Gasteiger charge is 2.20. The second-order valence-corrected chi connectivity index (χ2v) is 3.36. The molecule has 1 saturated heterocycles. The summed E-state index contributed by atoms with van der Waals surface area (Å²) in [6.45, 7) is 3.90. The summed E-state index contributed by atoms with van der Waals surface area (Å²) in [5.74, 6) is 1.83. The lowest BCUT2D eigenvalue weighted by atomic mass is 10.4. The minimum atomic E-state index is 0.309. The van der Waals surface area contributed by atoms with Crippen molar-refractivity contribution < 1.29 is 9.21 Å². The van der Waals surface area contributed by atoms with Crippen molar-refractivity contribution in [1.82, 2.24) is 9.88 Å². The third-order valence-corrected chi connectivity index (χ3v) is 2.13. The van der Waals surface area contributed by atoms with Crippen molar-refractivity contribution in [3.63, 3.8) is 0 Å². The van der Waals surface area contributed by atoms with Crippen molar-refractivity contribution in [2.75, 3.05) is 13.1 Å². The zero-order chi connectivity index (χ0) is 9.26. The van der Waals surface area contributed by atoms with Crippen molar-refractivity contribution in [3.8, 4) is 0 Å². The van der Waals surface area contributed by atoms with E-state index in [-0.39, 0.29) is 0 Å². The number of hydrogen-bond acceptors (Lipinski definition) is 4. The summed E-state index contributed by atoms with van der Waals surface area (Å²) < 4.78 is 5.32. The van der Waals surface area contributed by atoms with E-state index in [1.54, 1.807) is 6.20 Å². The van der Waals surface area contributed by atoms with Crippen LogP contribution in [0.3, 0.4) is 0 Å². The Balaban J connectivity index is 1.95. The normalized spacial score (nSPS) is 18.4. The van der Waals surface area contributed by atoms with Gasteiger partial charge in [0.05, 0.1) is 19.3 Å². The molecule has 0 amide bonds.